The number of anilines is 1. The lowest BCUT2D eigenvalue weighted by Gasteiger charge is -1.87. The number of hydrogen-bond donors (Lipinski definition) is 2. The van der Waals surface area contributed by atoms with Gasteiger partial charge in [0.2, 0.25) is 0 Å². The van der Waals surface area contributed by atoms with Crippen LogP contribution in [-0.2, 0) is 0 Å². The molecule has 56 valence electrons. The SMILES string of the molecule is Nc1[nH]c(Cl)c2ccccc12. The molecule has 1 aromatic carbocycles. The summed E-state index contributed by atoms with van der Waals surface area (Å²) in [6, 6.07) is 7.74. The molecule has 3 N–H and O–H groups in total. The van der Waals surface area contributed by atoms with Crippen molar-refractivity contribution in [2.24, 2.45) is 0 Å². The minimum atomic E-state index is 0.609. The quantitative estimate of drug-likeness (QED) is 0.620. The number of hydrogen-bond acceptors (Lipinski definition) is 1. The van der Waals surface area contributed by atoms with Crippen molar-refractivity contribution in [2.45, 2.75) is 0 Å². The number of rotatable bonds is 0. The lowest BCUT2D eigenvalue weighted by atomic mass is 10.2. The monoisotopic (exact) mass is 166 g/mol. The van der Waals surface area contributed by atoms with Gasteiger partial charge in [0.05, 0.1) is 0 Å². The number of nitrogen functional groups attached to an aromatic ring is 1. The minimum absolute atomic E-state index is 0.609. The Morgan fingerprint density at radius 2 is 1.82 bits per heavy atom. The first-order valence-electron chi connectivity index (χ1n) is 3.31. The standard InChI is InChI=1S/C8H7ClN2/c9-7-5-3-1-2-4-6(5)8(10)11-7/h1-4,11H,10H2. The highest BCUT2D eigenvalue weighted by Crippen LogP contribution is 2.27. The third kappa shape index (κ3) is 0.870. The Kier molecular flexibility index (Phi) is 1.29. The lowest BCUT2D eigenvalue weighted by Crippen LogP contribution is -1.82. The number of aromatic nitrogens is 1. The third-order valence-corrected chi connectivity index (χ3v) is 2.00. The molecule has 0 aliphatic heterocycles. The van der Waals surface area contributed by atoms with E-state index in [1.54, 1.807) is 0 Å². The maximum Gasteiger partial charge on any atom is 0.115 e. The second-order valence-corrected chi connectivity index (χ2v) is 2.78. The molecule has 0 bridgehead atoms. The van der Waals surface area contributed by atoms with Crippen molar-refractivity contribution in [2.75, 3.05) is 5.73 Å². The minimum Gasteiger partial charge on any atom is -0.385 e. The van der Waals surface area contributed by atoms with Crippen LogP contribution in [0.3, 0.4) is 0 Å². The van der Waals surface area contributed by atoms with E-state index in [0.29, 0.717) is 11.0 Å². The molecule has 1 heterocycles. The molecule has 0 radical (unpaired) electrons. The second kappa shape index (κ2) is 2.17. The Morgan fingerprint density at radius 3 is 2.45 bits per heavy atom. The molecule has 3 heteroatoms. The van der Waals surface area contributed by atoms with Crippen molar-refractivity contribution in [3.63, 3.8) is 0 Å². The van der Waals surface area contributed by atoms with E-state index in [9.17, 15) is 0 Å². The summed E-state index contributed by atoms with van der Waals surface area (Å²) in [5.41, 5.74) is 5.64. The lowest BCUT2D eigenvalue weighted by molar-refractivity contribution is 1.43. The summed E-state index contributed by atoms with van der Waals surface area (Å²) in [7, 11) is 0. The normalized spacial score (nSPS) is 10.6. The highest BCUT2D eigenvalue weighted by molar-refractivity contribution is 6.35. The van der Waals surface area contributed by atoms with Crippen molar-refractivity contribution >= 4 is 28.2 Å². The van der Waals surface area contributed by atoms with Gasteiger partial charge in [-0.05, 0) is 0 Å². The van der Waals surface area contributed by atoms with Crippen molar-refractivity contribution in [3.05, 3.63) is 29.4 Å². The molecule has 11 heavy (non-hydrogen) atoms. The third-order valence-electron chi connectivity index (χ3n) is 1.70. The van der Waals surface area contributed by atoms with Gasteiger partial charge in [-0.1, -0.05) is 35.9 Å². The molecular weight excluding hydrogens is 160 g/mol. The summed E-state index contributed by atoms with van der Waals surface area (Å²) in [5.74, 6) is 0.630. The van der Waals surface area contributed by atoms with E-state index < -0.39 is 0 Å². The average Bonchev–Trinajstić information content (AvgIpc) is 2.30. The zero-order chi connectivity index (χ0) is 7.84. The predicted molar refractivity (Wildman–Crippen MR) is 47.7 cm³/mol. The second-order valence-electron chi connectivity index (χ2n) is 2.40. The fraction of sp³-hybridized carbons (Fsp3) is 0. The maximum absolute atomic E-state index is 5.84. The molecule has 0 saturated heterocycles. The van der Waals surface area contributed by atoms with Crippen LogP contribution in [0.4, 0.5) is 5.82 Å². The molecular formula is C8H7ClN2. The number of nitrogens with two attached hydrogens (primary N) is 1. The van der Waals surface area contributed by atoms with Crippen molar-refractivity contribution in [1.29, 1.82) is 0 Å². The highest BCUT2D eigenvalue weighted by Gasteiger charge is 2.03. The summed E-state index contributed by atoms with van der Waals surface area (Å²) in [6.45, 7) is 0. The zero-order valence-electron chi connectivity index (χ0n) is 5.76. The summed E-state index contributed by atoms with van der Waals surface area (Å²) in [6.07, 6.45) is 0. The fourth-order valence-electron chi connectivity index (χ4n) is 1.16. The van der Waals surface area contributed by atoms with Gasteiger partial charge in [0, 0.05) is 10.8 Å². The van der Waals surface area contributed by atoms with Gasteiger partial charge in [0.25, 0.3) is 0 Å². The molecule has 0 spiro atoms. The van der Waals surface area contributed by atoms with Gasteiger partial charge in [0.15, 0.2) is 0 Å². The van der Waals surface area contributed by atoms with E-state index in [-0.39, 0.29) is 0 Å². The Labute approximate surface area is 69.0 Å². The number of aromatic amines is 1. The smallest absolute Gasteiger partial charge is 0.115 e. The predicted octanol–water partition coefficient (Wildman–Crippen LogP) is 2.40. The van der Waals surface area contributed by atoms with Gasteiger partial charge in [-0.3, -0.25) is 0 Å². The number of nitrogens with one attached hydrogen (secondary N) is 1. The maximum atomic E-state index is 5.84. The Hall–Kier alpha value is -1.15. The highest BCUT2D eigenvalue weighted by atomic mass is 35.5. The Balaban J connectivity index is 2.95. The number of halogens is 1. The van der Waals surface area contributed by atoms with E-state index in [1.165, 1.54) is 0 Å². The van der Waals surface area contributed by atoms with E-state index in [1.807, 2.05) is 24.3 Å². The molecule has 1 aromatic heterocycles. The van der Waals surface area contributed by atoms with Crippen LogP contribution in [0, 0.1) is 0 Å². The van der Waals surface area contributed by atoms with E-state index in [4.69, 9.17) is 17.3 Å². The summed E-state index contributed by atoms with van der Waals surface area (Å²) in [5, 5.41) is 2.57. The number of H-pyrrole nitrogens is 1. The summed E-state index contributed by atoms with van der Waals surface area (Å²) >= 11 is 5.84. The van der Waals surface area contributed by atoms with Crippen LogP contribution in [0.25, 0.3) is 10.8 Å². The van der Waals surface area contributed by atoms with E-state index in [2.05, 4.69) is 4.98 Å². The topological polar surface area (TPSA) is 41.8 Å². The molecule has 2 rings (SSSR count). The van der Waals surface area contributed by atoms with Gasteiger partial charge in [0.1, 0.15) is 11.0 Å². The van der Waals surface area contributed by atoms with Crippen LogP contribution in [0.2, 0.25) is 5.15 Å². The fourth-order valence-corrected chi connectivity index (χ4v) is 1.43. The van der Waals surface area contributed by atoms with Gasteiger partial charge >= 0.3 is 0 Å². The van der Waals surface area contributed by atoms with E-state index in [0.717, 1.165) is 10.8 Å². The summed E-state index contributed by atoms with van der Waals surface area (Å²) < 4.78 is 0. The van der Waals surface area contributed by atoms with Crippen LogP contribution in [-0.4, -0.2) is 4.98 Å². The number of fused-ring (bicyclic) bond motifs is 1. The van der Waals surface area contributed by atoms with Crippen LogP contribution in [0.5, 0.6) is 0 Å². The van der Waals surface area contributed by atoms with Crippen LogP contribution < -0.4 is 5.73 Å². The molecule has 0 amide bonds. The van der Waals surface area contributed by atoms with Crippen LogP contribution >= 0.6 is 11.6 Å². The summed E-state index contributed by atoms with van der Waals surface area (Å²) in [4.78, 5) is 2.86. The molecule has 0 atom stereocenters. The molecule has 2 nitrogen and oxygen atoms in total. The largest absolute Gasteiger partial charge is 0.385 e. The number of benzene rings is 1. The molecule has 0 fully saturated rings. The molecule has 2 aromatic rings. The van der Waals surface area contributed by atoms with Crippen LogP contribution in [0.1, 0.15) is 0 Å². The molecule has 0 aliphatic carbocycles. The van der Waals surface area contributed by atoms with Gasteiger partial charge in [-0.15, -0.1) is 0 Å². The zero-order valence-corrected chi connectivity index (χ0v) is 6.52. The Bertz CT molecular complexity index is 356. The first-order valence-corrected chi connectivity index (χ1v) is 3.68. The molecule has 0 aliphatic rings. The van der Waals surface area contributed by atoms with E-state index >= 15 is 0 Å². The average molecular weight is 167 g/mol. The first kappa shape index (κ1) is 6.55. The first-order chi connectivity index (χ1) is 5.29. The van der Waals surface area contributed by atoms with Crippen LogP contribution in [0.15, 0.2) is 24.3 Å². The van der Waals surface area contributed by atoms with Crippen molar-refractivity contribution in [1.82, 2.24) is 4.98 Å². The van der Waals surface area contributed by atoms with Crippen molar-refractivity contribution < 1.29 is 0 Å². The van der Waals surface area contributed by atoms with Gasteiger partial charge in [-0.2, -0.15) is 0 Å². The van der Waals surface area contributed by atoms with Crippen molar-refractivity contribution in [3.8, 4) is 0 Å². The van der Waals surface area contributed by atoms with Gasteiger partial charge < -0.3 is 10.7 Å². The molecule has 0 saturated carbocycles. The molecule has 0 unspecified atom stereocenters. The van der Waals surface area contributed by atoms with Gasteiger partial charge in [-0.25, -0.2) is 0 Å². The Morgan fingerprint density at radius 1 is 1.18 bits per heavy atom.